The van der Waals surface area contributed by atoms with Crippen LogP contribution in [0.25, 0.3) is 0 Å². The summed E-state index contributed by atoms with van der Waals surface area (Å²) in [5, 5.41) is -0.262. The number of nitrogens with two attached hydrogens (primary N) is 1. The number of thioether (sulfide) groups is 1. The molecule has 1 fully saturated rings. The highest BCUT2D eigenvalue weighted by Gasteiger charge is 2.39. The van der Waals surface area contributed by atoms with Crippen molar-refractivity contribution in [2.24, 2.45) is 11.7 Å². The van der Waals surface area contributed by atoms with E-state index in [1.807, 2.05) is 25.1 Å². The van der Waals surface area contributed by atoms with E-state index in [0.29, 0.717) is 18.2 Å². The monoisotopic (exact) mass is 278 g/mol. The van der Waals surface area contributed by atoms with Crippen molar-refractivity contribution in [3.8, 4) is 0 Å². The first-order chi connectivity index (χ1) is 9.13. The second-order valence-electron chi connectivity index (χ2n) is 4.77. The minimum atomic E-state index is -0.262. The Morgan fingerprint density at radius 3 is 2.68 bits per heavy atom. The smallest absolute Gasteiger partial charge is 0.247 e. The Hall–Kier alpha value is -1.33. The summed E-state index contributed by atoms with van der Waals surface area (Å²) in [6.07, 6.45) is 0.287. The fraction of sp³-hybridized carbons (Fsp3) is 0.429. The molecule has 0 aromatic heterocycles. The standard InChI is InChI=1S/C14H18N2O2S/c1-10(8-15)9-19-12-7-13(17)16(14(12)18)11-5-3-2-4-6-11/h2-6,10,12H,7-9,15H2,1H3. The van der Waals surface area contributed by atoms with E-state index in [0.717, 1.165) is 5.75 Å². The predicted octanol–water partition coefficient (Wildman–Crippen LogP) is 1.65. The van der Waals surface area contributed by atoms with Gasteiger partial charge in [0.2, 0.25) is 11.8 Å². The molecule has 2 unspecified atom stereocenters. The van der Waals surface area contributed by atoms with Gasteiger partial charge >= 0.3 is 0 Å². The number of carbonyl (C=O) groups excluding carboxylic acids is 2. The Morgan fingerprint density at radius 2 is 2.05 bits per heavy atom. The fourth-order valence-electron chi connectivity index (χ4n) is 1.93. The quantitative estimate of drug-likeness (QED) is 0.832. The van der Waals surface area contributed by atoms with Gasteiger partial charge in [0, 0.05) is 6.42 Å². The molecule has 2 amide bonds. The van der Waals surface area contributed by atoms with Crippen LogP contribution in [0.1, 0.15) is 13.3 Å². The Balaban J connectivity index is 2.05. The van der Waals surface area contributed by atoms with Crippen molar-refractivity contribution in [3.05, 3.63) is 30.3 Å². The normalized spacial score (nSPS) is 20.9. The lowest BCUT2D eigenvalue weighted by Gasteiger charge is -2.15. The molecule has 1 saturated heterocycles. The van der Waals surface area contributed by atoms with Gasteiger partial charge in [-0.3, -0.25) is 9.59 Å². The van der Waals surface area contributed by atoms with E-state index in [-0.39, 0.29) is 23.5 Å². The number of hydrogen-bond acceptors (Lipinski definition) is 4. The highest BCUT2D eigenvalue weighted by molar-refractivity contribution is 8.00. The summed E-state index contributed by atoms with van der Waals surface area (Å²) < 4.78 is 0. The molecule has 1 aliphatic heterocycles. The van der Waals surface area contributed by atoms with Gasteiger partial charge in [0.25, 0.3) is 0 Å². The van der Waals surface area contributed by atoms with E-state index in [9.17, 15) is 9.59 Å². The predicted molar refractivity (Wildman–Crippen MR) is 78.0 cm³/mol. The molecule has 5 heteroatoms. The molecule has 4 nitrogen and oxygen atoms in total. The van der Waals surface area contributed by atoms with E-state index in [2.05, 4.69) is 0 Å². The van der Waals surface area contributed by atoms with E-state index in [1.54, 1.807) is 12.1 Å². The average Bonchev–Trinajstić information content (AvgIpc) is 2.71. The fourth-order valence-corrected chi connectivity index (χ4v) is 3.14. The lowest BCUT2D eigenvalue weighted by molar-refractivity contribution is -0.121. The highest BCUT2D eigenvalue weighted by atomic mass is 32.2. The summed E-state index contributed by atoms with van der Waals surface area (Å²) in [4.78, 5) is 25.5. The zero-order valence-electron chi connectivity index (χ0n) is 10.9. The molecular weight excluding hydrogens is 260 g/mol. The molecule has 0 spiro atoms. The van der Waals surface area contributed by atoms with Crippen LogP contribution in [0.15, 0.2) is 30.3 Å². The number of benzene rings is 1. The number of imide groups is 1. The van der Waals surface area contributed by atoms with Gasteiger partial charge in [-0.25, -0.2) is 4.90 Å². The van der Waals surface area contributed by atoms with Crippen LogP contribution in [-0.2, 0) is 9.59 Å². The highest BCUT2D eigenvalue weighted by Crippen LogP contribution is 2.30. The van der Waals surface area contributed by atoms with Gasteiger partial charge in [-0.1, -0.05) is 25.1 Å². The van der Waals surface area contributed by atoms with Crippen molar-refractivity contribution >= 4 is 29.3 Å². The van der Waals surface area contributed by atoms with E-state index >= 15 is 0 Å². The number of para-hydroxylation sites is 1. The molecular formula is C14H18N2O2S. The van der Waals surface area contributed by atoms with Crippen LogP contribution in [0.4, 0.5) is 5.69 Å². The summed E-state index contributed by atoms with van der Waals surface area (Å²) in [6, 6.07) is 9.08. The zero-order chi connectivity index (χ0) is 13.8. The van der Waals surface area contributed by atoms with E-state index in [4.69, 9.17) is 5.73 Å². The van der Waals surface area contributed by atoms with Gasteiger partial charge in [0.15, 0.2) is 0 Å². The zero-order valence-corrected chi connectivity index (χ0v) is 11.7. The number of carbonyl (C=O) groups is 2. The Labute approximate surface area is 117 Å². The van der Waals surface area contributed by atoms with Gasteiger partial charge in [-0.2, -0.15) is 0 Å². The van der Waals surface area contributed by atoms with Gasteiger partial charge in [0.1, 0.15) is 0 Å². The number of amides is 2. The van der Waals surface area contributed by atoms with Crippen LogP contribution in [-0.4, -0.2) is 29.4 Å². The molecule has 0 aliphatic carbocycles. The first-order valence-electron chi connectivity index (χ1n) is 6.37. The number of rotatable bonds is 5. The topological polar surface area (TPSA) is 63.4 Å². The average molecular weight is 278 g/mol. The van der Waals surface area contributed by atoms with E-state index in [1.165, 1.54) is 16.7 Å². The Bertz CT molecular complexity index is 464. The molecule has 0 bridgehead atoms. The molecule has 1 heterocycles. The molecule has 2 N–H and O–H groups in total. The van der Waals surface area contributed by atoms with Crippen molar-refractivity contribution in [2.45, 2.75) is 18.6 Å². The van der Waals surface area contributed by atoms with Gasteiger partial charge in [-0.15, -0.1) is 11.8 Å². The number of hydrogen-bond donors (Lipinski definition) is 1. The maximum atomic E-state index is 12.3. The summed E-state index contributed by atoms with van der Waals surface area (Å²) in [5.74, 6) is 0.946. The number of anilines is 1. The van der Waals surface area contributed by atoms with Crippen LogP contribution < -0.4 is 10.6 Å². The SMILES string of the molecule is CC(CN)CSC1CC(=O)N(c2ccccc2)C1=O. The molecule has 1 aromatic rings. The maximum absolute atomic E-state index is 12.3. The third kappa shape index (κ3) is 3.16. The summed E-state index contributed by atoms with van der Waals surface area (Å²) in [7, 11) is 0. The molecule has 102 valence electrons. The molecule has 0 saturated carbocycles. The third-order valence-electron chi connectivity index (χ3n) is 3.10. The van der Waals surface area contributed by atoms with Gasteiger partial charge < -0.3 is 5.73 Å². The van der Waals surface area contributed by atoms with E-state index < -0.39 is 0 Å². The Kier molecular flexibility index (Phi) is 4.61. The molecule has 0 radical (unpaired) electrons. The summed E-state index contributed by atoms with van der Waals surface area (Å²) in [5.41, 5.74) is 6.22. The van der Waals surface area contributed by atoms with Crippen molar-refractivity contribution in [2.75, 3.05) is 17.2 Å². The molecule has 2 rings (SSSR count). The third-order valence-corrected chi connectivity index (χ3v) is 4.64. The molecule has 2 atom stereocenters. The first kappa shape index (κ1) is 14.1. The maximum Gasteiger partial charge on any atom is 0.247 e. The molecule has 1 aromatic carbocycles. The second kappa shape index (κ2) is 6.21. The Morgan fingerprint density at radius 1 is 1.37 bits per heavy atom. The number of nitrogens with zero attached hydrogens (tertiary/aromatic N) is 1. The minimum Gasteiger partial charge on any atom is -0.330 e. The van der Waals surface area contributed by atoms with Crippen molar-refractivity contribution < 1.29 is 9.59 Å². The molecule has 1 aliphatic rings. The summed E-state index contributed by atoms with van der Waals surface area (Å²) >= 11 is 1.53. The lowest BCUT2D eigenvalue weighted by Crippen LogP contribution is -2.31. The van der Waals surface area contributed by atoms with Gasteiger partial charge in [-0.05, 0) is 30.3 Å². The molecule has 19 heavy (non-hydrogen) atoms. The van der Waals surface area contributed by atoms with Crippen LogP contribution in [0, 0.1) is 5.92 Å². The lowest BCUT2D eigenvalue weighted by atomic mass is 10.2. The second-order valence-corrected chi connectivity index (χ2v) is 6.01. The van der Waals surface area contributed by atoms with Gasteiger partial charge in [0.05, 0.1) is 10.9 Å². The largest absolute Gasteiger partial charge is 0.330 e. The van der Waals surface area contributed by atoms with Crippen LogP contribution in [0.5, 0.6) is 0 Å². The van der Waals surface area contributed by atoms with Crippen molar-refractivity contribution in [1.29, 1.82) is 0 Å². The summed E-state index contributed by atoms with van der Waals surface area (Å²) in [6.45, 7) is 2.65. The van der Waals surface area contributed by atoms with Crippen molar-refractivity contribution in [1.82, 2.24) is 0 Å². The first-order valence-corrected chi connectivity index (χ1v) is 7.42. The van der Waals surface area contributed by atoms with Crippen LogP contribution in [0.3, 0.4) is 0 Å². The minimum absolute atomic E-state index is 0.106. The van der Waals surface area contributed by atoms with Crippen molar-refractivity contribution in [3.63, 3.8) is 0 Å². The van der Waals surface area contributed by atoms with Crippen LogP contribution >= 0.6 is 11.8 Å². The van der Waals surface area contributed by atoms with Crippen LogP contribution in [0.2, 0.25) is 0 Å².